The van der Waals surface area contributed by atoms with Crippen molar-refractivity contribution in [2.45, 2.75) is 58.5 Å². The van der Waals surface area contributed by atoms with Gasteiger partial charge in [0.2, 0.25) is 0 Å². The smallest absolute Gasteiger partial charge is 0.308 e. The second kappa shape index (κ2) is 6.26. The summed E-state index contributed by atoms with van der Waals surface area (Å²) in [7, 11) is 0. The number of aryl methyl sites for hydroxylation is 1. The summed E-state index contributed by atoms with van der Waals surface area (Å²) in [5, 5.41) is 0. The summed E-state index contributed by atoms with van der Waals surface area (Å²) in [5.41, 5.74) is 2.73. The number of fused-ring (bicyclic) bond motifs is 5. The molecule has 0 saturated heterocycles. The van der Waals surface area contributed by atoms with Crippen molar-refractivity contribution in [3.63, 3.8) is 0 Å². The molecule has 3 unspecified atom stereocenters. The topological polar surface area (TPSA) is 52.6 Å². The third kappa shape index (κ3) is 2.76. The normalized spacial score (nSPS) is 34.4. The number of carbonyl (C=O) groups is 2. The van der Waals surface area contributed by atoms with E-state index in [4.69, 9.17) is 9.47 Å². The fourth-order valence-corrected chi connectivity index (χ4v) is 5.55. The van der Waals surface area contributed by atoms with Crippen LogP contribution in [0.15, 0.2) is 30.4 Å². The summed E-state index contributed by atoms with van der Waals surface area (Å²) in [6, 6.07) is 6.10. The molecule has 0 bridgehead atoms. The van der Waals surface area contributed by atoms with E-state index in [1.165, 1.54) is 25.0 Å². The Bertz CT molecular complexity index is 780. The molecule has 3 aliphatic rings. The summed E-state index contributed by atoms with van der Waals surface area (Å²) >= 11 is 0. The van der Waals surface area contributed by atoms with Crippen LogP contribution in [0.4, 0.5) is 0 Å². The fourth-order valence-electron chi connectivity index (χ4n) is 5.55. The Labute approximate surface area is 154 Å². The lowest BCUT2D eigenvalue weighted by atomic mass is 9.55. The van der Waals surface area contributed by atoms with Crippen molar-refractivity contribution in [3.8, 4) is 5.75 Å². The number of hydrogen-bond acceptors (Lipinski definition) is 4. The van der Waals surface area contributed by atoms with Crippen molar-refractivity contribution in [1.82, 2.24) is 0 Å². The second-order valence-electron chi connectivity index (χ2n) is 8.25. The number of ether oxygens (including phenoxy) is 2. The maximum atomic E-state index is 11.5. The number of hydrogen-bond donors (Lipinski definition) is 0. The molecule has 26 heavy (non-hydrogen) atoms. The quantitative estimate of drug-likeness (QED) is 0.454. The molecular formula is C22H26O4. The highest BCUT2D eigenvalue weighted by molar-refractivity contribution is 5.69. The number of rotatable bonds is 2. The molecule has 1 fully saturated rings. The third-order valence-corrected chi connectivity index (χ3v) is 6.69. The maximum Gasteiger partial charge on any atom is 0.308 e. The van der Waals surface area contributed by atoms with Crippen molar-refractivity contribution < 1.29 is 19.1 Å². The molecule has 0 spiro atoms. The highest BCUT2D eigenvalue weighted by Gasteiger charge is 2.53. The van der Waals surface area contributed by atoms with Gasteiger partial charge in [0.15, 0.2) is 0 Å². The van der Waals surface area contributed by atoms with Gasteiger partial charge in [0.25, 0.3) is 0 Å². The predicted molar refractivity (Wildman–Crippen MR) is 97.8 cm³/mol. The fraction of sp³-hybridized carbons (Fsp3) is 0.545. The standard InChI is InChI=1S/C22H26O4/c1-13(23)25-16-5-7-17-15(12-16)4-6-19-18(17)10-11-22(3)20(19)8-9-21(22)26-14(2)24/h5,7-9,12,18-21H,4,6,10-11H2,1-3H3/t18?,19?,20?,21-,22-/m0/s1. The Balaban J connectivity index is 1.59. The van der Waals surface area contributed by atoms with E-state index in [0.717, 1.165) is 25.7 Å². The highest BCUT2D eigenvalue weighted by Crippen LogP contribution is 2.59. The van der Waals surface area contributed by atoms with E-state index in [1.54, 1.807) is 0 Å². The van der Waals surface area contributed by atoms with Crippen molar-refractivity contribution in [2.75, 3.05) is 0 Å². The van der Waals surface area contributed by atoms with E-state index in [9.17, 15) is 9.59 Å². The minimum atomic E-state index is -0.278. The van der Waals surface area contributed by atoms with Crippen molar-refractivity contribution in [1.29, 1.82) is 0 Å². The zero-order valence-corrected chi connectivity index (χ0v) is 15.7. The van der Waals surface area contributed by atoms with Gasteiger partial charge in [-0.3, -0.25) is 9.59 Å². The van der Waals surface area contributed by atoms with E-state index >= 15 is 0 Å². The molecule has 4 rings (SSSR count). The zero-order valence-electron chi connectivity index (χ0n) is 15.7. The molecule has 4 nitrogen and oxygen atoms in total. The third-order valence-electron chi connectivity index (χ3n) is 6.69. The Morgan fingerprint density at radius 2 is 1.92 bits per heavy atom. The first-order valence-electron chi connectivity index (χ1n) is 9.55. The first-order chi connectivity index (χ1) is 12.4. The van der Waals surface area contributed by atoms with Crippen LogP contribution in [0.1, 0.15) is 57.1 Å². The van der Waals surface area contributed by atoms with Crippen LogP contribution in [-0.2, 0) is 20.7 Å². The lowest BCUT2D eigenvalue weighted by molar-refractivity contribution is -0.152. The van der Waals surface area contributed by atoms with Crippen LogP contribution in [0.2, 0.25) is 0 Å². The van der Waals surface area contributed by atoms with Crippen molar-refractivity contribution >= 4 is 11.9 Å². The van der Waals surface area contributed by atoms with Gasteiger partial charge in [-0.25, -0.2) is 0 Å². The lowest BCUT2D eigenvalue weighted by Gasteiger charge is -2.50. The van der Waals surface area contributed by atoms with Gasteiger partial charge in [0, 0.05) is 19.3 Å². The van der Waals surface area contributed by atoms with E-state index in [2.05, 4.69) is 25.1 Å². The van der Waals surface area contributed by atoms with E-state index < -0.39 is 0 Å². The molecule has 0 radical (unpaired) electrons. The molecule has 0 heterocycles. The maximum absolute atomic E-state index is 11.5. The molecule has 1 aromatic carbocycles. The molecule has 138 valence electrons. The predicted octanol–water partition coefficient (Wildman–Crippen LogP) is 4.18. The van der Waals surface area contributed by atoms with Gasteiger partial charge in [0.05, 0.1) is 0 Å². The highest BCUT2D eigenvalue weighted by atomic mass is 16.5. The second-order valence-corrected chi connectivity index (χ2v) is 8.25. The van der Waals surface area contributed by atoms with Crippen LogP contribution in [0.5, 0.6) is 5.75 Å². The summed E-state index contributed by atoms with van der Waals surface area (Å²) < 4.78 is 10.9. The summed E-state index contributed by atoms with van der Waals surface area (Å²) in [4.78, 5) is 22.7. The van der Waals surface area contributed by atoms with Gasteiger partial charge in [0.1, 0.15) is 11.9 Å². The molecular weight excluding hydrogens is 328 g/mol. The molecule has 0 aliphatic heterocycles. The Morgan fingerprint density at radius 1 is 1.12 bits per heavy atom. The van der Waals surface area contributed by atoms with E-state index in [0.29, 0.717) is 23.5 Å². The number of allylic oxidation sites excluding steroid dienone is 1. The first-order valence-corrected chi connectivity index (χ1v) is 9.55. The zero-order chi connectivity index (χ0) is 18.5. The average molecular weight is 354 g/mol. The average Bonchev–Trinajstić information content (AvgIpc) is 2.90. The van der Waals surface area contributed by atoms with Gasteiger partial charge < -0.3 is 9.47 Å². The van der Waals surface area contributed by atoms with E-state index in [-0.39, 0.29) is 23.5 Å². The van der Waals surface area contributed by atoms with E-state index in [1.807, 2.05) is 12.1 Å². The van der Waals surface area contributed by atoms with Crippen molar-refractivity contribution in [2.24, 2.45) is 17.3 Å². The van der Waals surface area contributed by atoms with Crippen LogP contribution in [-0.4, -0.2) is 18.0 Å². The summed E-state index contributed by atoms with van der Waals surface area (Å²) in [5.74, 6) is 1.73. The lowest BCUT2D eigenvalue weighted by Crippen LogP contribution is -2.45. The summed E-state index contributed by atoms with van der Waals surface area (Å²) in [6.07, 6.45) is 8.59. The van der Waals surface area contributed by atoms with Crippen LogP contribution < -0.4 is 4.74 Å². The monoisotopic (exact) mass is 354 g/mol. The SMILES string of the molecule is CC(=O)Oc1ccc2c(c1)CCC1C2CC[C@@]2(C)C1C=C[C@@H]2OC(C)=O. The number of esters is 2. The number of benzene rings is 1. The summed E-state index contributed by atoms with van der Waals surface area (Å²) in [6.45, 7) is 5.21. The van der Waals surface area contributed by atoms with Crippen LogP contribution in [0, 0.1) is 17.3 Å². The largest absolute Gasteiger partial charge is 0.458 e. The molecule has 1 aromatic rings. The van der Waals surface area contributed by atoms with Gasteiger partial charge in [-0.05, 0) is 72.8 Å². The van der Waals surface area contributed by atoms with Gasteiger partial charge in [-0.2, -0.15) is 0 Å². The van der Waals surface area contributed by atoms with Gasteiger partial charge >= 0.3 is 11.9 Å². The Hall–Kier alpha value is -2.10. The molecule has 4 heteroatoms. The molecule has 0 aromatic heterocycles. The van der Waals surface area contributed by atoms with Gasteiger partial charge in [-0.1, -0.05) is 19.1 Å². The minimum absolute atomic E-state index is 0.0159. The molecule has 3 aliphatic carbocycles. The molecule has 1 saturated carbocycles. The first kappa shape index (κ1) is 17.3. The Kier molecular flexibility index (Phi) is 4.17. The molecule has 5 atom stereocenters. The minimum Gasteiger partial charge on any atom is -0.458 e. The van der Waals surface area contributed by atoms with Crippen LogP contribution >= 0.6 is 0 Å². The van der Waals surface area contributed by atoms with Crippen molar-refractivity contribution in [3.05, 3.63) is 41.5 Å². The molecule has 0 amide bonds. The molecule has 0 N–H and O–H groups in total. The van der Waals surface area contributed by atoms with Crippen LogP contribution in [0.25, 0.3) is 0 Å². The van der Waals surface area contributed by atoms with Gasteiger partial charge in [-0.15, -0.1) is 0 Å². The van der Waals surface area contributed by atoms with Crippen LogP contribution in [0.3, 0.4) is 0 Å². The number of carbonyl (C=O) groups excluding carboxylic acids is 2. The Morgan fingerprint density at radius 3 is 2.65 bits per heavy atom.